The van der Waals surface area contributed by atoms with Gasteiger partial charge in [-0.1, -0.05) is 37.0 Å². The zero-order chi connectivity index (χ0) is 14.4. The first-order valence-corrected chi connectivity index (χ1v) is 7.92. The van der Waals surface area contributed by atoms with Crippen LogP contribution in [0.15, 0.2) is 6.07 Å². The van der Waals surface area contributed by atoms with Crippen LogP contribution >= 0.6 is 34.5 Å². The zero-order valence-corrected chi connectivity index (χ0v) is 13.8. The number of hydrogen-bond donors (Lipinski definition) is 2. The van der Waals surface area contributed by atoms with Gasteiger partial charge in [0.2, 0.25) is 5.91 Å². The average Bonchev–Trinajstić information content (AvgIpc) is 2.65. The van der Waals surface area contributed by atoms with Gasteiger partial charge in [-0.25, -0.2) is 0 Å². The van der Waals surface area contributed by atoms with E-state index in [-0.39, 0.29) is 11.9 Å². The van der Waals surface area contributed by atoms with E-state index < -0.39 is 0 Å². The van der Waals surface area contributed by atoms with E-state index in [0.717, 1.165) is 12.1 Å². The highest BCUT2D eigenvalue weighted by Gasteiger charge is 2.13. The molecule has 0 saturated carbocycles. The van der Waals surface area contributed by atoms with Crippen LogP contribution in [0.25, 0.3) is 0 Å². The topological polar surface area (TPSA) is 41.1 Å². The molecule has 1 unspecified atom stereocenters. The third kappa shape index (κ3) is 6.13. The summed E-state index contributed by atoms with van der Waals surface area (Å²) in [4.78, 5) is 11.5. The standard InChI is InChI=1S/C13H20Cl2N2OS/c1-8(2)7-17-12(18)4-5-16-9(3)10-6-11(14)19-13(10)15/h6,8-9,16H,4-5,7H2,1-3H3,(H,17,18). The molecular weight excluding hydrogens is 303 g/mol. The number of carbonyl (C=O) groups is 1. The highest BCUT2D eigenvalue weighted by Crippen LogP contribution is 2.34. The molecule has 0 spiro atoms. The van der Waals surface area contributed by atoms with Crippen LogP contribution in [-0.2, 0) is 4.79 Å². The second kappa shape index (κ2) is 8.10. The zero-order valence-electron chi connectivity index (χ0n) is 11.4. The fraction of sp³-hybridized carbons (Fsp3) is 0.615. The Balaban J connectivity index is 2.29. The molecule has 3 nitrogen and oxygen atoms in total. The van der Waals surface area contributed by atoms with Gasteiger partial charge in [-0.2, -0.15) is 0 Å². The number of hydrogen-bond acceptors (Lipinski definition) is 3. The Morgan fingerprint density at radius 3 is 2.58 bits per heavy atom. The van der Waals surface area contributed by atoms with Crippen molar-refractivity contribution in [1.82, 2.24) is 10.6 Å². The van der Waals surface area contributed by atoms with Crippen LogP contribution in [0.3, 0.4) is 0 Å². The molecule has 2 N–H and O–H groups in total. The average molecular weight is 323 g/mol. The maximum Gasteiger partial charge on any atom is 0.221 e. The Kier molecular flexibility index (Phi) is 7.15. The van der Waals surface area contributed by atoms with Gasteiger partial charge in [-0.05, 0) is 24.5 Å². The third-order valence-corrected chi connectivity index (χ3v) is 4.18. The van der Waals surface area contributed by atoms with Crippen LogP contribution in [0.2, 0.25) is 8.67 Å². The van der Waals surface area contributed by atoms with Crippen molar-refractivity contribution >= 4 is 40.4 Å². The first kappa shape index (κ1) is 16.8. The second-order valence-corrected chi connectivity index (χ2v) is 7.19. The highest BCUT2D eigenvalue weighted by molar-refractivity contribution is 7.20. The minimum absolute atomic E-state index is 0.0721. The Labute approximate surface area is 128 Å². The lowest BCUT2D eigenvalue weighted by molar-refractivity contribution is -0.121. The highest BCUT2D eigenvalue weighted by atomic mass is 35.5. The first-order chi connectivity index (χ1) is 8.90. The lowest BCUT2D eigenvalue weighted by atomic mass is 10.2. The Morgan fingerprint density at radius 2 is 2.05 bits per heavy atom. The van der Waals surface area contributed by atoms with Crippen LogP contribution in [0, 0.1) is 5.92 Å². The molecule has 1 atom stereocenters. The van der Waals surface area contributed by atoms with Gasteiger partial charge in [-0.15, -0.1) is 11.3 Å². The molecule has 0 fully saturated rings. The molecule has 0 aliphatic rings. The van der Waals surface area contributed by atoms with Crippen molar-refractivity contribution in [3.05, 3.63) is 20.3 Å². The Morgan fingerprint density at radius 1 is 1.37 bits per heavy atom. The molecule has 0 saturated heterocycles. The minimum atomic E-state index is 0.0721. The van der Waals surface area contributed by atoms with Gasteiger partial charge in [0.25, 0.3) is 0 Å². The molecular formula is C13H20Cl2N2OS. The summed E-state index contributed by atoms with van der Waals surface area (Å²) in [6.07, 6.45) is 0.465. The summed E-state index contributed by atoms with van der Waals surface area (Å²) >= 11 is 13.3. The van der Waals surface area contributed by atoms with Crippen molar-refractivity contribution in [2.75, 3.05) is 13.1 Å². The Hall–Kier alpha value is -0.290. The van der Waals surface area contributed by atoms with E-state index in [4.69, 9.17) is 23.2 Å². The van der Waals surface area contributed by atoms with Crippen molar-refractivity contribution in [2.45, 2.75) is 33.2 Å². The lowest BCUT2D eigenvalue weighted by Gasteiger charge is -2.13. The predicted octanol–water partition coefficient (Wildman–Crippen LogP) is 3.87. The van der Waals surface area contributed by atoms with Crippen molar-refractivity contribution < 1.29 is 4.79 Å². The molecule has 0 aliphatic carbocycles. The summed E-state index contributed by atoms with van der Waals surface area (Å²) in [5.74, 6) is 0.547. The molecule has 1 aromatic rings. The summed E-state index contributed by atoms with van der Waals surface area (Å²) in [6.45, 7) is 7.50. The largest absolute Gasteiger partial charge is 0.356 e. The number of rotatable bonds is 7. The van der Waals surface area contributed by atoms with Crippen LogP contribution in [0.5, 0.6) is 0 Å². The van der Waals surface area contributed by atoms with Crippen molar-refractivity contribution in [3.8, 4) is 0 Å². The molecule has 19 heavy (non-hydrogen) atoms. The normalized spacial score (nSPS) is 12.7. The molecule has 1 heterocycles. The van der Waals surface area contributed by atoms with Gasteiger partial charge in [0.05, 0.1) is 8.67 Å². The molecule has 108 valence electrons. The van der Waals surface area contributed by atoms with Crippen LogP contribution in [0.1, 0.15) is 38.8 Å². The molecule has 1 aromatic heterocycles. The summed E-state index contributed by atoms with van der Waals surface area (Å²) in [6, 6.07) is 1.96. The van der Waals surface area contributed by atoms with Gasteiger partial charge < -0.3 is 10.6 Å². The number of carbonyl (C=O) groups excluding carboxylic acids is 1. The Bertz CT molecular complexity index is 421. The number of halogens is 2. The quantitative estimate of drug-likeness (QED) is 0.800. The number of nitrogens with one attached hydrogen (secondary N) is 2. The van der Waals surface area contributed by atoms with Crippen LogP contribution in [0.4, 0.5) is 0 Å². The smallest absolute Gasteiger partial charge is 0.221 e. The molecule has 0 aromatic carbocycles. The molecule has 1 rings (SSSR count). The van der Waals surface area contributed by atoms with Crippen LogP contribution in [-0.4, -0.2) is 19.0 Å². The van der Waals surface area contributed by atoms with Crippen LogP contribution < -0.4 is 10.6 Å². The number of amides is 1. The van der Waals surface area contributed by atoms with E-state index in [9.17, 15) is 4.79 Å². The van der Waals surface area contributed by atoms with E-state index in [1.807, 2.05) is 13.0 Å². The van der Waals surface area contributed by atoms with E-state index in [2.05, 4.69) is 24.5 Å². The van der Waals surface area contributed by atoms with E-state index >= 15 is 0 Å². The molecule has 0 radical (unpaired) electrons. The maximum absolute atomic E-state index is 11.5. The van der Waals surface area contributed by atoms with E-state index in [0.29, 0.717) is 27.6 Å². The summed E-state index contributed by atoms with van der Waals surface area (Å²) in [7, 11) is 0. The molecule has 0 bridgehead atoms. The van der Waals surface area contributed by atoms with Crippen molar-refractivity contribution in [1.29, 1.82) is 0 Å². The van der Waals surface area contributed by atoms with E-state index in [1.54, 1.807) is 0 Å². The predicted molar refractivity (Wildman–Crippen MR) is 83.2 cm³/mol. The molecule has 1 amide bonds. The van der Waals surface area contributed by atoms with Crippen molar-refractivity contribution in [3.63, 3.8) is 0 Å². The van der Waals surface area contributed by atoms with E-state index in [1.165, 1.54) is 11.3 Å². The second-order valence-electron chi connectivity index (χ2n) is 4.90. The fourth-order valence-electron chi connectivity index (χ4n) is 1.57. The number of thiophene rings is 1. The fourth-order valence-corrected chi connectivity index (χ4v) is 3.21. The van der Waals surface area contributed by atoms with Gasteiger partial charge in [0.15, 0.2) is 0 Å². The monoisotopic (exact) mass is 322 g/mol. The van der Waals surface area contributed by atoms with Gasteiger partial charge >= 0.3 is 0 Å². The molecule has 6 heteroatoms. The maximum atomic E-state index is 11.5. The SMILES string of the molecule is CC(C)CNC(=O)CCNC(C)c1cc(Cl)sc1Cl. The summed E-state index contributed by atoms with van der Waals surface area (Å²) in [5.41, 5.74) is 0.985. The van der Waals surface area contributed by atoms with Crippen molar-refractivity contribution in [2.24, 2.45) is 5.92 Å². The van der Waals surface area contributed by atoms with Gasteiger partial charge in [0, 0.05) is 25.6 Å². The first-order valence-electron chi connectivity index (χ1n) is 6.35. The van der Waals surface area contributed by atoms with Gasteiger partial charge in [-0.3, -0.25) is 4.79 Å². The summed E-state index contributed by atoms with van der Waals surface area (Å²) < 4.78 is 1.39. The third-order valence-electron chi connectivity index (χ3n) is 2.66. The molecule has 0 aliphatic heterocycles. The van der Waals surface area contributed by atoms with Gasteiger partial charge in [0.1, 0.15) is 0 Å². The lowest BCUT2D eigenvalue weighted by Crippen LogP contribution is -2.31. The summed E-state index contributed by atoms with van der Waals surface area (Å²) in [5, 5.41) is 6.16. The minimum Gasteiger partial charge on any atom is -0.356 e.